The number of aromatic nitrogens is 3. The molecule has 0 atom stereocenters. The SMILES string of the molecule is Cc1cc(Br)c(-c2nc(N)n[nH]2)cc1F. The van der Waals surface area contributed by atoms with E-state index < -0.39 is 0 Å². The van der Waals surface area contributed by atoms with Gasteiger partial charge in [-0.05, 0) is 24.6 Å². The van der Waals surface area contributed by atoms with Gasteiger partial charge in [-0.15, -0.1) is 5.10 Å². The van der Waals surface area contributed by atoms with E-state index in [0.29, 0.717) is 17.0 Å². The number of hydrogen-bond donors (Lipinski definition) is 2. The number of nitrogen functional groups attached to an aromatic ring is 1. The van der Waals surface area contributed by atoms with Gasteiger partial charge in [0.25, 0.3) is 0 Å². The number of rotatable bonds is 1. The minimum atomic E-state index is -0.289. The Bertz CT molecular complexity index is 509. The van der Waals surface area contributed by atoms with Crippen LogP contribution >= 0.6 is 15.9 Å². The lowest BCUT2D eigenvalue weighted by Gasteiger charge is -2.03. The van der Waals surface area contributed by atoms with Gasteiger partial charge in [0.05, 0.1) is 0 Å². The molecule has 2 rings (SSSR count). The Morgan fingerprint density at radius 1 is 1.47 bits per heavy atom. The van der Waals surface area contributed by atoms with Crippen LogP contribution in [0.25, 0.3) is 11.4 Å². The lowest BCUT2D eigenvalue weighted by atomic mass is 10.1. The number of aromatic amines is 1. The minimum absolute atomic E-state index is 0.137. The van der Waals surface area contributed by atoms with Crippen LogP contribution in [0.5, 0.6) is 0 Å². The topological polar surface area (TPSA) is 67.6 Å². The second-order valence-corrected chi connectivity index (χ2v) is 3.98. The van der Waals surface area contributed by atoms with Gasteiger partial charge < -0.3 is 5.73 Å². The Hall–Kier alpha value is -1.43. The molecule has 3 N–H and O–H groups in total. The molecular weight excluding hydrogens is 263 g/mol. The number of H-pyrrole nitrogens is 1. The molecule has 0 radical (unpaired) electrons. The maximum atomic E-state index is 13.3. The van der Waals surface area contributed by atoms with E-state index in [1.165, 1.54) is 6.07 Å². The van der Waals surface area contributed by atoms with Crippen LogP contribution in [-0.4, -0.2) is 15.2 Å². The highest BCUT2D eigenvalue weighted by molar-refractivity contribution is 9.10. The van der Waals surface area contributed by atoms with Crippen LogP contribution in [0.3, 0.4) is 0 Å². The molecule has 15 heavy (non-hydrogen) atoms. The molecule has 0 saturated heterocycles. The fraction of sp³-hybridized carbons (Fsp3) is 0.111. The Kier molecular flexibility index (Phi) is 2.44. The standard InChI is InChI=1S/C9H8BrFN4/c1-4-2-6(10)5(3-7(4)11)8-13-9(12)15-14-8/h2-3H,1H3,(H3,12,13,14,15). The van der Waals surface area contributed by atoms with Crippen LogP contribution in [0.1, 0.15) is 5.56 Å². The number of halogens is 2. The van der Waals surface area contributed by atoms with Gasteiger partial charge in [0.2, 0.25) is 5.95 Å². The van der Waals surface area contributed by atoms with Crippen molar-refractivity contribution in [1.29, 1.82) is 0 Å². The second kappa shape index (κ2) is 3.62. The maximum absolute atomic E-state index is 13.3. The average molecular weight is 271 g/mol. The van der Waals surface area contributed by atoms with Gasteiger partial charge in [-0.25, -0.2) is 4.39 Å². The van der Waals surface area contributed by atoms with Crippen molar-refractivity contribution in [2.75, 3.05) is 5.73 Å². The van der Waals surface area contributed by atoms with Crippen LogP contribution in [0.4, 0.5) is 10.3 Å². The first kappa shape index (κ1) is 10.1. The van der Waals surface area contributed by atoms with Crippen LogP contribution < -0.4 is 5.73 Å². The van der Waals surface area contributed by atoms with Crippen molar-refractivity contribution in [2.45, 2.75) is 6.92 Å². The summed E-state index contributed by atoms with van der Waals surface area (Å²) in [4.78, 5) is 3.93. The zero-order chi connectivity index (χ0) is 11.0. The average Bonchev–Trinajstić information content (AvgIpc) is 2.58. The van der Waals surface area contributed by atoms with Crippen molar-refractivity contribution >= 4 is 21.9 Å². The zero-order valence-corrected chi connectivity index (χ0v) is 9.47. The van der Waals surface area contributed by atoms with Crippen LogP contribution in [-0.2, 0) is 0 Å². The molecule has 2 aromatic rings. The lowest BCUT2D eigenvalue weighted by molar-refractivity contribution is 0.618. The van der Waals surface area contributed by atoms with E-state index in [-0.39, 0.29) is 11.8 Å². The van der Waals surface area contributed by atoms with Crippen molar-refractivity contribution in [1.82, 2.24) is 15.2 Å². The van der Waals surface area contributed by atoms with Crippen molar-refractivity contribution in [3.63, 3.8) is 0 Å². The number of nitrogens with two attached hydrogens (primary N) is 1. The Balaban J connectivity index is 2.58. The normalized spacial score (nSPS) is 10.6. The number of nitrogens with zero attached hydrogens (tertiary/aromatic N) is 2. The van der Waals surface area contributed by atoms with Crippen LogP contribution in [0, 0.1) is 12.7 Å². The van der Waals surface area contributed by atoms with Crippen molar-refractivity contribution < 1.29 is 4.39 Å². The van der Waals surface area contributed by atoms with Gasteiger partial charge in [0.1, 0.15) is 5.82 Å². The molecule has 0 aliphatic carbocycles. The number of aryl methyl sites for hydroxylation is 1. The van der Waals surface area contributed by atoms with Crippen molar-refractivity contribution in [3.05, 3.63) is 28.0 Å². The van der Waals surface area contributed by atoms with E-state index in [1.54, 1.807) is 13.0 Å². The molecule has 0 saturated carbocycles. The predicted octanol–water partition coefficient (Wildman–Crippen LogP) is 2.26. The maximum Gasteiger partial charge on any atom is 0.239 e. The lowest BCUT2D eigenvalue weighted by Crippen LogP contribution is -1.89. The van der Waals surface area contributed by atoms with E-state index in [1.807, 2.05) is 0 Å². The second-order valence-electron chi connectivity index (χ2n) is 3.12. The first-order chi connectivity index (χ1) is 7.08. The Labute approximate surface area is 93.8 Å². The molecule has 0 bridgehead atoms. The monoisotopic (exact) mass is 270 g/mol. The van der Waals surface area contributed by atoms with E-state index >= 15 is 0 Å². The van der Waals surface area contributed by atoms with Crippen LogP contribution in [0.15, 0.2) is 16.6 Å². The van der Waals surface area contributed by atoms with E-state index in [0.717, 1.165) is 4.47 Å². The molecule has 1 aromatic carbocycles. The van der Waals surface area contributed by atoms with Gasteiger partial charge in [-0.1, -0.05) is 15.9 Å². The highest BCUT2D eigenvalue weighted by Crippen LogP contribution is 2.28. The highest BCUT2D eigenvalue weighted by atomic mass is 79.9. The van der Waals surface area contributed by atoms with Crippen LogP contribution in [0.2, 0.25) is 0 Å². The van der Waals surface area contributed by atoms with E-state index in [4.69, 9.17) is 5.73 Å². The summed E-state index contributed by atoms with van der Waals surface area (Å²) in [5.41, 5.74) is 6.54. The molecule has 0 fully saturated rings. The number of hydrogen-bond acceptors (Lipinski definition) is 3. The largest absolute Gasteiger partial charge is 0.366 e. The van der Waals surface area contributed by atoms with Crippen molar-refractivity contribution in [3.8, 4) is 11.4 Å². The molecule has 0 aliphatic rings. The minimum Gasteiger partial charge on any atom is -0.366 e. The molecule has 78 valence electrons. The fourth-order valence-electron chi connectivity index (χ4n) is 1.22. The Morgan fingerprint density at radius 3 is 2.80 bits per heavy atom. The smallest absolute Gasteiger partial charge is 0.239 e. The van der Waals surface area contributed by atoms with Gasteiger partial charge >= 0.3 is 0 Å². The molecule has 1 aromatic heterocycles. The van der Waals surface area contributed by atoms with Gasteiger partial charge in [0, 0.05) is 10.0 Å². The quantitative estimate of drug-likeness (QED) is 0.836. The zero-order valence-electron chi connectivity index (χ0n) is 7.88. The molecule has 0 aliphatic heterocycles. The van der Waals surface area contributed by atoms with E-state index in [2.05, 4.69) is 31.1 Å². The third-order valence-corrected chi connectivity index (χ3v) is 2.66. The number of nitrogens with one attached hydrogen (secondary N) is 1. The fourth-order valence-corrected chi connectivity index (χ4v) is 1.87. The number of anilines is 1. The van der Waals surface area contributed by atoms with Gasteiger partial charge in [-0.3, -0.25) is 5.10 Å². The molecule has 0 unspecified atom stereocenters. The molecule has 6 heteroatoms. The molecule has 0 amide bonds. The first-order valence-corrected chi connectivity index (χ1v) is 5.01. The highest BCUT2D eigenvalue weighted by Gasteiger charge is 2.10. The number of benzene rings is 1. The summed E-state index contributed by atoms with van der Waals surface area (Å²) in [6.45, 7) is 1.69. The summed E-state index contributed by atoms with van der Waals surface area (Å²) in [5, 5.41) is 6.31. The summed E-state index contributed by atoms with van der Waals surface area (Å²) >= 11 is 3.33. The molecule has 0 spiro atoms. The summed E-state index contributed by atoms with van der Waals surface area (Å²) in [5.74, 6) is 0.291. The van der Waals surface area contributed by atoms with Crippen molar-refractivity contribution in [2.24, 2.45) is 0 Å². The summed E-state index contributed by atoms with van der Waals surface area (Å²) in [7, 11) is 0. The Morgan fingerprint density at radius 2 is 2.20 bits per heavy atom. The molecule has 4 nitrogen and oxygen atoms in total. The molecular formula is C9H8BrFN4. The molecule has 1 heterocycles. The third kappa shape index (κ3) is 1.85. The predicted molar refractivity (Wildman–Crippen MR) is 58.6 cm³/mol. The summed E-state index contributed by atoms with van der Waals surface area (Å²) in [6.07, 6.45) is 0. The van der Waals surface area contributed by atoms with E-state index in [9.17, 15) is 4.39 Å². The first-order valence-electron chi connectivity index (χ1n) is 4.22. The van der Waals surface area contributed by atoms with Gasteiger partial charge in [0.15, 0.2) is 5.82 Å². The van der Waals surface area contributed by atoms with Gasteiger partial charge in [-0.2, -0.15) is 4.98 Å². The summed E-state index contributed by atoms with van der Waals surface area (Å²) in [6, 6.07) is 3.07. The summed E-state index contributed by atoms with van der Waals surface area (Å²) < 4.78 is 14.1. The third-order valence-electron chi connectivity index (χ3n) is 2.01.